The second-order valence-electron chi connectivity index (χ2n) is 5.35. The average Bonchev–Trinajstić information content (AvgIpc) is 2.51. The first kappa shape index (κ1) is 15.3. The van der Waals surface area contributed by atoms with E-state index in [0.717, 1.165) is 32.0 Å². The second-order valence-corrected chi connectivity index (χ2v) is 6.14. The standard InChI is InChI=1S/C15H17Cl2N5/c1-21-5-7-22(8-6-21)12-9-19-14(15(18)20-12)10-3-2-4-11(16)13(10)17/h2-4,9H,5-8H2,1H3,(H2,18,20). The molecule has 2 heterocycles. The molecule has 0 spiro atoms. The summed E-state index contributed by atoms with van der Waals surface area (Å²) in [6.45, 7) is 3.84. The Morgan fingerprint density at radius 1 is 1.14 bits per heavy atom. The van der Waals surface area contributed by atoms with Gasteiger partial charge in [-0.2, -0.15) is 0 Å². The molecule has 3 rings (SSSR count). The number of piperazine rings is 1. The number of likely N-dealkylation sites (N-methyl/N-ethyl adjacent to an activating group) is 1. The second kappa shape index (κ2) is 6.28. The van der Waals surface area contributed by atoms with Crippen LogP contribution >= 0.6 is 23.2 Å². The molecule has 0 aliphatic carbocycles. The van der Waals surface area contributed by atoms with Gasteiger partial charge >= 0.3 is 0 Å². The largest absolute Gasteiger partial charge is 0.382 e. The molecule has 0 bridgehead atoms. The van der Waals surface area contributed by atoms with Crippen LogP contribution in [0.1, 0.15) is 0 Å². The van der Waals surface area contributed by atoms with E-state index in [0.29, 0.717) is 27.1 Å². The minimum atomic E-state index is 0.362. The van der Waals surface area contributed by atoms with Gasteiger partial charge in [0, 0.05) is 31.7 Å². The van der Waals surface area contributed by atoms with Crippen molar-refractivity contribution in [2.45, 2.75) is 0 Å². The number of nitrogen functional groups attached to an aromatic ring is 1. The third-order valence-electron chi connectivity index (χ3n) is 3.82. The molecule has 1 saturated heterocycles. The summed E-state index contributed by atoms with van der Waals surface area (Å²) in [5.41, 5.74) is 7.35. The number of anilines is 2. The van der Waals surface area contributed by atoms with Crippen molar-refractivity contribution in [1.29, 1.82) is 0 Å². The van der Waals surface area contributed by atoms with Gasteiger partial charge in [-0.25, -0.2) is 9.97 Å². The van der Waals surface area contributed by atoms with Gasteiger partial charge in [-0.1, -0.05) is 35.3 Å². The molecular weight excluding hydrogens is 321 g/mol. The van der Waals surface area contributed by atoms with Crippen LogP contribution < -0.4 is 10.6 Å². The highest BCUT2D eigenvalue weighted by atomic mass is 35.5. The Morgan fingerprint density at radius 3 is 2.55 bits per heavy atom. The third kappa shape index (κ3) is 2.97. The van der Waals surface area contributed by atoms with Crippen molar-refractivity contribution >= 4 is 34.8 Å². The maximum Gasteiger partial charge on any atom is 0.152 e. The van der Waals surface area contributed by atoms with Crippen molar-refractivity contribution in [3.05, 3.63) is 34.4 Å². The van der Waals surface area contributed by atoms with Crippen LogP contribution in [0.4, 0.5) is 11.6 Å². The fourth-order valence-electron chi connectivity index (χ4n) is 2.48. The summed E-state index contributed by atoms with van der Waals surface area (Å²) in [7, 11) is 2.11. The van der Waals surface area contributed by atoms with E-state index in [1.54, 1.807) is 12.3 Å². The highest BCUT2D eigenvalue weighted by molar-refractivity contribution is 6.43. The molecule has 1 aliphatic heterocycles. The first-order valence-corrected chi connectivity index (χ1v) is 7.82. The van der Waals surface area contributed by atoms with E-state index in [-0.39, 0.29) is 0 Å². The smallest absolute Gasteiger partial charge is 0.152 e. The zero-order valence-corrected chi connectivity index (χ0v) is 13.8. The van der Waals surface area contributed by atoms with Crippen molar-refractivity contribution in [3.63, 3.8) is 0 Å². The van der Waals surface area contributed by atoms with Crippen molar-refractivity contribution in [3.8, 4) is 11.3 Å². The van der Waals surface area contributed by atoms with Gasteiger partial charge in [-0.05, 0) is 13.1 Å². The van der Waals surface area contributed by atoms with Crippen LogP contribution in [0.3, 0.4) is 0 Å². The molecule has 2 N–H and O–H groups in total. The lowest BCUT2D eigenvalue weighted by molar-refractivity contribution is 0.312. The van der Waals surface area contributed by atoms with Crippen molar-refractivity contribution in [2.75, 3.05) is 43.9 Å². The Bertz CT molecular complexity index is 684. The number of benzene rings is 1. The maximum atomic E-state index is 6.23. The van der Waals surface area contributed by atoms with Crippen LogP contribution in [0.15, 0.2) is 24.4 Å². The third-order valence-corrected chi connectivity index (χ3v) is 4.64. The molecule has 1 aliphatic rings. The van der Waals surface area contributed by atoms with Crippen LogP contribution in [0.5, 0.6) is 0 Å². The maximum absolute atomic E-state index is 6.23. The molecule has 1 aromatic heterocycles. The zero-order valence-electron chi connectivity index (χ0n) is 12.3. The minimum absolute atomic E-state index is 0.362. The molecule has 2 aromatic rings. The van der Waals surface area contributed by atoms with Gasteiger partial charge in [0.1, 0.15) is 11.5 Å². The first-order chi connectivity index (χ1) is 10.6. The van der Waals surface area contributed by atoms with Crippen LogP contribution in [-0.4, -0.2) is 48.1 Å². The number of nitrogens with two attached hydrogens (primary N) is 1. The Balaban J connectivity index is 1.91. The fourth-order valence-corrected chi connectivity index (χ4v) is 2.87. The lowest BCUT2D eigenvalue weighted by Gasteiger charge is -2.33. The van der Waals surface area contributed by atoms with Crippen molar-refractivity contribution in [2.24, 2.45) is 0 Å². The lowest BCUT2D eigenvalue weighted by Crippen LogP contribution is -2.44. The summed E-state index contributed by atoms with van der Waals surface area (Å²) in [5, 5.41) is 0.918. The summed E-state index contributed by atoms with van der Waals surface area (Å²) in [4.78, 5) is 13.4. The molecule has 0 radical (unpaired) electrons. The van der Waals surface area contributed by atoms with E-state index >= 15 is 0 Å². The highest BCUT2D eigenvalue weighted by Gasteiger charge is 2.18. The monoisotopic (exact) mass is 337 g/mol. The summed E-state index contributed by atoms with van der Waals surface area (Å²) >= 11 is 12.3. The molecule has 1 aromatic carbocycles. The van der Waals surface area contributed by atoms with Crippen LogP contribution in [0.25, 0.3) is 11.3 Å². The van der Waals surface area contributed by atoms with E-state index in [1.807, 2.05) is 12.1 Å². The average molecular weight is 338 g/mol. The molecule has 7 heteroatoms. The molecule has 1 fully saturated rings. The molecule has 116 valence electrons. The van der Waals surface area contributed by atoms with E-state index in [4.69, 9.17) is 28.9 Å². The summed E-state index contributed by atoms with van der Waals surface area (Å²) in [6, 6.07) is 5.39. The van der Waals surface area contributed by atoms with Gasteiger partial charge < -0.3 is 15.5 Å². The van der Waals surface area contributed by atoms with Gasteiger partial charge in [0.2, 0.25) is 0 Å². The van der Waals surface area contributed by atoms with Crippen LogP contribution in [0, 0.1) is 0 Å². The predicted molar refractivity (Wildman–Crippen MR) is 91.6 cm³/mol. The minimum Gasteiger partial charge on any atom is -0.382 e. The van der Waals surface area contributed by atoms with Gasteiger partial charge in [0.15, 0.2) is 5.82 Å². The Labute approximate surface area is 139 Å². The molecule has 0 unspecified atom stereocenters. The molecule has 0 amide bonds. The molecule has 0 saturated carbocycles. The molecule has 0 atom stereocenters. The summed E-state index contributed by atoms with van der Waals surface area (Å²) in [6.07, 6.45) is 1.74. The molecule has 22 heavy (non-hydrogen) atoms. The van der Waals surface area contributed by atoms with Crippen molar-refractivity contribution < 1.29 is 0 Å². The van der Waals surface area contributed by atoms with Gasteiger partial charge in [-0.3, -0.25) is 0 Å². The Hall–Kier alpha value is -1.56. The highest BCUT2D eigenvalue weighted by Crippen LogP contribution is 2.34. The quantitative estimate of drug-likeness (QED) is 0.912. The topological polar surface area (TPSA) is 58.3 Å². The summed E-state index contributed by atoms with van der Waals surface area (Å²) in [5.74, 6) is 1.16. The Kier molecular flexibility index (Phi) is 4.38. The van der Waals surface area contributed by atoms with Crippen LogP contribution in [-0.2, 0) is 0 Å². The fraction of sp³-hybridized carbons (Fsp3) is 0.333. The number of aromatic nitrogens is 2. The van der Waals surface area contributed by atoms with Crippen LogP contribution in [0.2, 0.25) is 10.0 Å². The van der Waals surface area contributed by atoms with E-state index < -0.39 is 0 Å². The summed E-state index contributed by atoms with van der Waals surface area (Å²) < 4.78 is 0. The number of rotatable bonds is 2. The Morgan fingerprint density at radius 2 is 1.86 bits per heavy atom. The zero-order chi connectivity index (χ0) is 15.7. The predicted octanol–water partition coefficient (Wildman–Crippen LogP) is 2.78. The van der Waals surface area contributed by atoms with Gasteiger partial charge in [0.05, 0.1) is 16.2 Å². The molecule has 5 nitrogen and oxygen atoms in total. The lowest BCUT2D eigenvalue weighted by atomic mass is 10.1. The van der Waals surface area contributed by atoms with Gasteiger partial charge in [0.25, 0.3) is 0 Å². The first-order valence-electron chi connectivity index (χ1n) is 7.06. The SMILES string of the molecule is CN1CCN(c2cnc(-c3cccc(Cl)c3Cl)c(N)n2)CC1. The normalized spacial score (nSPS) is 16.0. The number of nitrogens with zero attached hydrogens (tertiary/aromatic N) is 4. The number of hydrogen-bond donors (Lipinski definition) is 1. The van der Waals surface area contributed by atoms with Gasteiger partial charge in [-0.15, -0.1) is 0 Å². The van der Waals surface area contributed by atoms with E-state index in [9.17, 15) is 0 Å². The van der Waals surface area contributed by atoms with E-state index in [2.05, 4.69) is 26.8 Å². The number of hydrogen-bond acceptors (Lipinski definition) is 5. The number of halogens is 2. The molecular formula is C15H17Cl2N5. The van der Waals surface area contributed by atoms with Crippen molar-refractivity contribution in [1.82, 2.24) is 14.9 Å². The van der Waals surface area contributed by atoms with E-state index in [1.165, 1.54) is 0 Å².